The third-order valence-electron chi connectivity index (χ3n) is 5.06. The van der Waals surface area contributed by atoms with E-state index in [1.165, 1.54) is 44.1 Å². The van der Waals surface area contributed by atoms with Crippen molar-refractivity contribution < 1.29 is 0 Å². The number of hydrazine groups is 1. The lowest BCUT2D eigenvalue weighted by molar-refractivity contribution is 0.0802. The second kappa shape index (κ2) is 7.73. The van der Waals surface area contributed by atoms with Crippen LogP contribution >= 0.6 is 15.9 Å². The van der Waals surface area contributed by atoms with Gasteiger partial charge in [-0.25, -0.2) is 0 Å². The summed E-state index contributed by atoms with van der Waals surface area (Å²) in [4.78, 5) is 2.40. The Bertz CT molecular complexity index is 422. The summed E-state index contributed by atoms with van der Waals surface area (Å²) in [5.74, 6) is 5.97. The van der Waals surface area contributed by atoms with Crippen LogP contribution in [0.25, 0.3) is 0 Å². The molecule has 1 aromatic rings. The van der Waals surface area contributed by atoms with Gasteiger partial charge in [0.25, 0.3) is 0 Å². The predicted octanol–water partition coefficient (Wildman–Crippen LogP) is 3.48. The van der Waals surface area contributed by atoms with E-state index in [0.29, 0.717) is 0 Å². The van der Waals surface area contributed by atoms with Gasteiger partial charge in [0.1, 0.15) is 0 Å². The van der Waals surface area contributed by atoms with E-state index in [2.05, 4.69) is 64.6 Å². The zero-order valence-electron chi connectivity index (χ0n) is 13.2. The monoisotopic (exact) mass is 353 g/mol. The van der Waals surface area contributed by atoms with Crippen molar-refractivity contribution in [2.45, 2.75) is 56.5 Å². The van der Waals surface area contributed by atoms with Crippen LogP contribution in [0.1, 0.15) is 44.1 Å². The highest BCUT2D eigenvalue weighted by molar-refractivity contribution is 9.10. The van der Waals surface area contributed by atoms with E-state index in [1.54, 1.807) is 0 Å². The quantitative estimate of drug-likeness (QED) is 0.483. The molecule has 1 aliphatic carbocycles. The SMILES string of the molecule is CN(C)C1(C(Cc2ccc(Br)cc2)NN)CCCCCC1. The normalized spacial score (nSPS) is 20.2. The number of nitrogens with zero attached hydrogens (tertiary/aromatic N) is 1. The lowest BCUT2D eigenvalue weighted by Crippen LogP contribution is -2.61. The highest BCUT2D eigenvalue weighted by Gasteiger charge is 2.40. The molecular weight excluding hydrogens is 326 g/mol. The average molecular weight is 354 g/mol. The van der Waals surface area contributed by atoms with E-state index in [4.69, 9.17) is 5.84 Å². The van der Waals surface area contributed by atoms with Crippen molar-refractivity contribution in [2.75, 3.05) is 14.1 Å². The minimum atomic E-state index is 0.165. The fraction of sp³-hybridized carbons (Fsp3) is 0.647. The van der Waals surface area contributed by atoms with E-state index in [9.17, 15) is 0 Å². The van der Waals surface area contributed by atoms with Gasteiger partial charge in [-0.3, -0.25) is 11.3 Å². The van der Waals surface area contributed by atoms with Crippen molar-refractivity contribution in [2.24, 2.45) is 5.84 Å². The smallest absolute Gasteiger partial charge is 0.0434 e. The van der Waals surface area contributed by atoms with Gasteiger partial charge in [-0.15, -0.1) is 0 Å². The second-order valence-corrected chi connectivity index (χ2v) is 7.38. The number of nitrogens with one attached hydrogen (secondary N) is 1. The topological polar surface area (TPSA) is 41.3 Å². The molecule has 1 atom stereocenters. The van der Waals surface area contributed by atoms with Crippen LogP contribution in [0.4, 0.5) is 0 Å². The zero-order valence-corrected chi connectivity index (χ0v) is 14.8. The molecule has 0 aliphatic heterocycles. The van der Waals surface area contributed by atoms with Crippen molar-refractivity contribution in [3.8, 4) is 0 Å². The molecule has 4 heteroatoms. The van der Waals surface area contributed by atoms with Gasteiger partial charge >= 0.3 is 0 Å². The number of hydrogen-bond acceptors (Lipinski definition) is 3. The molecule has 1 fully saturated rings. The fourth-order valence-corrected chi connectivity index (χ4v) is 3.97. The summed E-state index contributed by atoms with van der Waals surface area (Å²) in [6.07, 6.45) is 8.74. The van der Waals surface area contributed by atoms with E-state index in [1.807, 2.05) is 0 Å². The maximum absolute atomic E-state index is 5.97. The lowest BCUT2D eigenvalue weighted by atomic mass is 9.79. The van der Waals surface area contributed by atoms with Gasteiger partial charge in [-0.05, 0) is 51.1 Å². The molecule has 1 aromatic carbocycles. The molecule has 0 aromatic heterocycles. The van der Waals surface area contributed by atoms with Crippen molar-refractivity contribution in [3.05, 3.63) is 34.3 Å². The summed E-state index contributed by atoms with van der Waals surface area (Å²) in [5, 5.41) is 0. The van der Waals surface area contributed by atoms with Gasteiger partial charge < -0.3 is 4.90 Å². The molecule has 1 unspecified atom stereocenters. The van der Waals surface area contributed by atoms with E-state index < -0.39 is 0 Å². The number of likely N-dealkylation sites (N-methyl/N-ethyl adjacent to an activating group) is 1. The molecule has 0 heterocycles. The van der Waals surface area contributed by atoms with Crippen LogP contribution in [0.2, 0.25) is 0 Å². The minimum Gasteiger partial charge on any atom is -0.302 e. The van der Waals surface area contributed by atoms with Crippen LogP contribution in [-0.2, 0) is 6.42 Å². The molecule has 3 nitrogen and oxygen atoms in total. The largest absolute Gasteiger partial charge is 0.302 e. The Labute approximate surface area is 137 Å². The molecule has 0 saturated heterocycles. The lowest BCUT2D eigenvalue weighted by Gasteiger charge is -2.45. The van der Waals surface area contributed by atoms with Crippen molar-refractivity contribution >= 4 is 15.9 Å². The first kappa shape index (κ1) is 16.9. The highest BCUT2D eigenvalue weighted by Crippen LogP contribution is 2.35. The number of nitrogens with two attached hydrogens (primary N) is 1. The zero-order chi connectivity index (χ0) is 15.3. The second-order valence-electron chi connectivity index (χ2n) is 6.46. The standard InChI is InChI=1S/C17H28BrN3/c1-21(2)17(11-5-3-4-6-12-17)16(20-19)13-14-7-9-15(18)10-8-14/h7-10,16,20H,3-6,11-13,19H2,1-2H3. The van der Waals surface area contributed by atoms with Crippen molar-refractivity contribution in [1.29, 1.82) is 0 Å². The molecule has 1 saturated carbocycles. The van der Waals surface area contributed by atoms with Crippen LogP contribution in [0.15, 0.2) is 28.7 Å². The Hall–Kier alpha value is -0.420. The summed E-state index contributed by atoms with van der Waals surface area (Å²) in [6.45, 7) is 0. The van der Waals surface area contributed by atoms with E-state index >= 15 is 0 Å². The third-order valence-corrected chi connectivity index (χ3v) is 5.59. The number of hydrogen-bond donors (Lipinski definition) is 2. The number of benzene rings is 1. The van der Waals surface area contributed by atoms with Gasteiger partial charge in [0.05, 0.1) is 0 Å². The molecule has 118 valence electrons. The molecule has 0 amide bonds. The summed E-state index contributed by atoms with van der Waals surface area (Å²) >= 11 is 3.50. The van der Waals surface area contributed by atoms with Gasteiger partial charge in [-0.2, -0.15) is 0 Å². The Morgan fingerprint density at radius 1 is 1.14 bits per heavy atom. The molecular formula is C17H28BrN3. The third kappa shape index (κ3) is 4.07. The Morgan fingerprint density at radius 2 is 1.71 bits per heavy atom. The summed E-state index contributed by atoms with van der Waals surface area (Å²) in [7, 11) is 4.41. The first-order valence-electron chi connectivity index (χ1n) is 7.96. The van der Waals surface area contributed by atoms with Crippen LogP contribution in [0, 0.1) is 0 Å². The Balaban J connectivity index is 2.20. The van der Waals surface area contributed by atoms with Crippen LogP contribution in [0.3, 0.4) is 0 Å². The molecule has 0 spiro atoms. The average Bonchev–Trinajstić information content (AvgIpc) is 2.73. The minimum absolute atomic E-state index is 0.165. The van der Waals surface area contributed by atoms with Gasteiger partial charge in [0, 0.05) is 16.1 Å². The molecule has 2 rings (SSSR count). The fourth-order valence-electron chi connectivity index (χ4n) is 3.71. The highest BCUT2D eigenvalue weighted by atomic mass is 79.9. The van der Waals surface area contributed by atoms with Crippen LogP contribution in [0.5, 0.6) is 0 Å². The maximum atomic E-state index is 5.97. The number of halogens is 1. The van der Waals surface area contributed by atoms with Gasteiger partial charge in [0.15, 0.2) is 0 Å². The molecule has 0 bridgehead atoms. The molecule has 1 aliphatic rings. The van der Waals surface area contributed by atoms with E-state index in [-0.39, 0.29) is 11.6 Å². The number of rotatable bonds is 5. The first-order valence-corrected chi connectivity index (χ1v) is 8.76. The van der Waals surface area contributed by atoms with Crippen molar-refractivity contribution in [1.82, 2.24) is 10.3 Å². The molecule has 0 radical (unpaired) electrons. The van der Waals surface area contributed by atoms with E-state index in [0.717, 1.165) is 10.9 Å². The Morgan fingerprint density at radius 3 is 2.19 bits per heavy atom. The van der Waals surface area contributed by atoms with Crippen LogP contribution < -0.4 is 11.3 Å². The van der Waals surface area contributed by atoms with Crippen molar-refractivity contribution in [3.63, 3.8) is 0 Å². The molecule has 3 N–H and O–H groups in total. The first-order chi connectivity index (χ1) is 10.1. The van der Waals surface area contributed by atoms with Crippen LogP contribution in [-0.4, -0.2) is 30.6 Å². The summed E-state index contributed by atoms with van der Waals surface area (Å²) in [5.41, 5.74) is 4.64. The predicted molar refractivity (Wildman–Crippen MR) is 93.1 cm³/mol. The summed E-state index contributed by atoms with van der Waals surface area (Å²) < 4.78 is 1.13. The summed E-state index contributed by atoms with van der Waals surface area (Å²) in [6, 6.07) is 8.88. The maximum Gasteiger partial charge on any atom is 0.0434 e. The van der Waals surface area contributed by atoms with Gasteiger partial charge in [-0.1, -0.05) is 53.7 Å². The Kier molecular flexibility index (Phi) is 6.23. The van der Waals surface area contributed by atoms with Gasteiger partial charge in [0.2, 0.25) is 0 Å². The molecule has 21 heavy (non-hydrogen) atoms.